The molecule has 0 aliphatic heterocycles. The van der Waals surface area contributed by atoms with Gasteiger partial charge in [0.05, 0.1) is 17.7 Å². The highest BCUT2D eigenvalue weighted by atomic mass is 14.9. The van der Waals surface area contributed by atoms with E-state index in [2.05, 4.69) is 30.4 Å². The van der Waals surface area contributed by atoms with Crippen molar-refractivity contribution in [2.45, 2.75) is 51.6 Å². The van der Waals surface area contributed by atoms with E-state index in [9.17, 15) is 0 Å². The normalized spacial score (nSPS) is 25.6. The SMILES string of the molecule is C[C@]1(CC#N)CC[C@@H](NCc2cccc(C#N)c2)CC1. The molecular formula is C17H21N3. The Labute approximate surface area is 121 Å². The third-order valence-electron chi connectivity index (χ3n) is 4.35. The van der Waals surface area contributed by atoms with E-state index in [-0.39, 0.29) is 5.41 Å². The summed E-state index contributed by atoms with van der Waals surface area (Å²) in [6.07, 6.45) is 5.18. The van der Waals surface area contributed by atoms with Crippen LogP contribution in [0.2, 0.25) is 0 Å². The fourth-order valence-corrected chi connectivity index (χ4v) is 2.90. The summed E-state index contributed by atoms with van der Waals surface area (Å²) in [5, 5.41) is 21.3. The van der Waals surface area contributed by atoms with E-state index in [0.717, 1.165) is 43.4 Å². The quantitative estimate of drug-likeness (QED) is 0.908. The van der Waals surface area contributed by atoms with Crippen LogP contribution >= 0.6 is 0 Å². The molecule has 2 rings (SSSR count). The van der Waals surface area contributed by atoms with Crippen LogP contribution in [-0.2, 0) is 6.54 Å². The van der Waals surface area contributed by atoms with Crippen LogP contribution in [0, 0.1) is 28.1 Å². The minimum Gasteiger partial charge on any atom is -0.310 e. The highest BCUT2D eigenvalue weighted by Gasteiger charge is 2.30. The summed E-state index contributed by atoms with van der Waals surface area (Å²) in [5.74, 6) is 0. The number of nitrogens with one attached hydrogen (secondary N) is 1. The van der Waals surface area contributed by atoms with Crippen molar-refractivity contribution in [3.63, 3.8) is 0 Å². The van der Waals surface area contributed by atoms with Gasteiger partial charge in [-0.05, 0) is 48.8 Å². The number of nitriles is 2. The van der Waals surface area contributed by atoms with Crippen molar-refractivity contribution in [1.82, 2.24) is 5.32 Å². The molecule has 1 N–H and O–H groups in total. The Morgan fingerprint density at radius 1 is 1.30 bits per heavy atom. The lowest BCUT2D eigenvalue weighted by molar-refractivity contribution is 0.188. The third-order valence-corrected chi connectivity index (χ3v) is 4.35. The lowest BCUT2D eigenvalue weighted by atomic mass is 9.72. The van der Waals surface area contributed by atoms with Crippen LogP contribution in [0.25, 0.3) is 0 Å². The molecule has 1 fully saturated rings. The summed E-state index contributed by atoms with van der Waals surface area (Å²) in [6, 6.07) is 12.8. The van der Waals surface area contributed by atoms with Gasteiger partial charge in [-0.25, -0.2) is 0 Å². The van der Waals surface area contributed by atoms with Crippen molar-refractivity contribution in [3.05, 3.63) is 35.4 Å². The van der Waals surface area contributed by atoms with E-state index >= 15 is 0 Å². The summed E-state index contributed by atoms with van der Waals surface area (Å²) in [5.41, 5.74) is 2.09. The largest absolute Gasteiger partial charge is 0.310 e. The van der Waals surface area contributed by atoms with E-state index in [1.807, 2.05) is 18.2 Å². The van der Waals surface area contributed by atoms with Crippen molar-refractivity contribution >= 4 is 0 Å². The van der Waals surface area contributed by atoms with E-state index in [4.69, 9.17) is 10.5 Å². The molecule has 0 radical (unpaired) electrons. The summed E-state index contributed by atoms with van der Waals surface area (Å²) >= 11 is 0. The van der Waals surface area contributed by atoms with Crippen LogP contribution in [0.3, 0.4) is 0 Å². The predicted octanol–water partition coefficient (Wildman–Crippen LogP) is 3.51. The molecule has 1 aliphatic carbocycles. The van der Waals surface area contributed by atoms with Crippen molar-refractivity contribution < 1.29 is 0 Å². The number of rotatable bonds is 4. The van der Waals surface area contributed by atoms with E-state index < -0.39 is 0 Å². The molecule has 1 saturated carbocycles. The Morgan fingerprint density at radius 3 is 2.70 bits per heavy atom. The lowest BCUT2D eigenvalue weighted by Crippen LogP contribution is -2.36. The third kappa shape index (κ3) is 3.83. The first-order valence-electron chi connectivity index (χ1n) is 7.25. The molecule has 20 heavy (non-hydrogen) atoms. The van der Waals surface area contributed by atoms with Crippen LogP contribution in [0.15, 0.2) is 24.3 Å². The second-order valence-corrected chi connectivity index (χ2v) is 6.11. The van der Waals surface area contributed by atoms with Gasteiger partial charge in [-0.15, -0.1) is 0 Å². The Balaban J connectivity index is 1.82. The maximum atomic E-state index is 8.89. The Kier molecular flexibility index (Phi) is 4.77. The van der Waals surface area contributed by atoms with Gasteiger partial charge in [0, 0.05) is 19.0 Å². The Morgan fingerprint density at radius 2 is 2.05 bits per heavy atom. The predicted molar refractivity (Wildman–Crippen MR) is 78.6 cm³/mol. The van der Waals surface area contributed by atoms with Crippen molar-refractivity contribution in [2.24, 2.45) is 5.41 Å². The van der Waals surface area contributed by atoms with Gasteiger partial charge < -0.3 is 5.32 Å². The van der Waals surface area contributed by atoms with Crippen LogP contribution < -0.4 is 5.32 Å². The maximum Gasteiger partial charge on any atom is 0.0991 e. The smallest absolute Gasteiger partial charge is 0.0991 e. The summed E-state index contributed by atoms with van der Waals surface area (Å²) < 4.78 is 0. The molecule has 0 saturated heterocycles. The summed E-state index contributed by atoms with van der Waals surface area (Å²) in [6.45, 7) is 3.04. The van der Waals surface area contributed by atoms with Gasteiger partial charge in [-0.1, -0.05) is 19.1 Å². The summed E-state index contributed by atoms with van der Waals surface area (Å²) in [4.78, 5) is 0. The molecule has 0 unspecified atom stereocenters. The van der Waals surface area contributed by atoms with Crippen LogP contribution in [-0.4, -0.2) is 6.04 Å². The van der Waals surface area contributed by atoms with Gasteiger partial charge in [-0.3, -0.25) is 0 Å². The first kappa shape index (κ1) is 14.6. The number of nitrogens with zero attached hydrogens (tertiary/aromatic N) is 2. The van der Waals surface area contributed by atoms with E-state index in [0.29, 0.717) is 12.5 Å². The average Bonchev–Trinajstić information content (AvgIpc) is 2.47. The Bertz CT molecular complexity index is 528. The van der Waals surface area contributed by atoms with Crippen molar-refractivity contribution in [1.29, 1.82) is 10.5 Å². The molecule has 3 nitrogen and oxygen atoms in total. The number of hydrogen-bond donors (Lipinski definition) is 1. The van der Waals surface area contributed by atoms with Crippen LogP contribution in [0.4, 0.5) is 0 Å². The first-order chi connectivity index (χ1) is 9.65. The van der Waals surface area contributed by atoms with Gasteiger partial charge in [0.1, 0.15) is 0 Å². The van der Waals surface area contributed by atoms with Gasteiger partial charge in [0.2, 0.25) is 0 Å². The molecule has 0 amide bonds. The summed E-state index contributed by atoms with van der Waals surface area (Å²) in [7, 11) is 0. The molecule has 0 heterocycles. The molecule has 0 atom stereocenters. The zero-order valence-corrected chi connectivity index (χ0v) is 12.0. The fourth-order valence-electron chi connectivity index (χ4n) is 2.90. The van der Waals surface area contributed by atoms with E-state index in [1.54, 1.807) is 0 Å². The van der Waals surface area contributed by atoms with Crippen molar-refractivity contribution in [2.75, 3.05) is 0 Å². The minimum absolute atomic E-state index is 0.216. The second-order valence-electron chi connectivity index (χ2n) is 6.11. The van der Waals surface area contributed by atoms with Crippen molar-refractivity contribution in [3.8, 4) is 12.1 Å². The van der Waals surface area contributed by atoms with Crippen LogP contribution in [0.1, 0.15) is 50.2 Å². The van der Waals surface area contributed by atoms with Gasteiger partial charge >= 0.3 is 0 Å². The molecule has 0 aromatic heterocycles. The highest BCUT2D eigenvalue weighted by molar-refractivity contribution is 5.32. The molecular weight excluding hydrogens is 246 g/mol. The van der Waals surface area contributed by atoms with Gasteiger partial charge in [0.25, 0.3) is 0 Å². The molecule has 3 heteroatoms. The highest BCUT2D eigenvalue weighted by Crippen LogP contribution is 2.38. The topological polar surface area (TPSA) is 59.6 Å². The number of hydrogen-bond acceptors (Lipinski definition) is 3. The molecule has 0 spiro atoms. The standard InChI is InChI=1S/C17H21N3/c1-17(9-10-18)7-5-16(6-8-17)20-13-15-4-2-3-14(11-15)12-19/h2-4,11,16,20H,5-9,13H2,1H3/t16-,17+. The van der Waals surface area contributed by atoms with Gasteiger partial charge in [0.15, 0.2) is 0 Å². The zero-order chi connectivity index (χ0) is 14.4. The molecule has 0 bridgehead atoms. The molecule has 1 aromatic carbocycles. The average molecular weight is 267 g/mol. The fraction of sp³-hybridized carbons (Fsp3) is 0.529. The van der Waals surface area contributed by atoms with Crippen LogP contribution in [0.5, 0.6) is 0 Å². The second kappa shape index (κ2) is 6.55. The monoisotopic (exact) mass is 267 g/mol. The first-order valence-corrected chi connectivity index (χ1v) is 7.25. The molecule has 1 aliphatic rings. The maximum absolute atomic E-state index is 8.89. The lowest BCUT2D eigenvalue weighted by Gasteiger charge is -2.36. The molecule has 104 valence electrons. The minimum atomic E-state index is 0.216. The molecule has 1 aromatic rings. The Hall–Kier alpha value is -1.84. The zero-order valence-electron chi connectivity index (χ0n) is 12.0. The number of benzene rings is 1. The van der Waals surface area contributed by atoms with E-state index in [1.165, 1.54) is 0 Å². The van der Waals surface area contributed by atoms with Gasteiger partial charge in [-0.2, -0.15) is 10.5 Å².